The van der Waals surface area contributed by atoms with Crippen molar-refractivity contribution >= 4 is 0 Å². The molecule has 2 heteroatoms. The van der Waals surface area contributed by atoms with Gasteiger partial charge in [0.05, 0.1) is 0 Å². The highest BCUT2D eigenvalue weighted by Gasteiger charge is 2.35. The Morgan fingerprint density at radius 3 is 2.63 bits per heavy atom. The van der Waals surface area contributed by atoms with E-state index in [-0.39, 0.29) is 0 Å². The molecule has 0 radical (unpaired) electrons. The fourth-order valence-corrected chi connectivity index (χ4v) is 3.91. The molecule has 2 N–H and O–H groups in total. The highest BCUT2D eigenvalue weighted by atomic mass is 15.2. The summed E-state index contributed by atoms with van der Waals surface area (Å²) in [5, 5.41) is 0. The van der Waals surface area contributed by atoms with Gasteiger partial charge >= 0.3 is 0 Å². The van der Waals surface area contributed by atoms with Gasteiger partial charge in [0.1, 0.15) is 0 Å². The molecule has 2 unspecified atom stereocenters. The lowest BCUT2D eigenvalue weighted by Crippen LogP contribution is -2.31. The molecule has 0 amide bonds. The van der Waals surface area contributed by atoms with Crippen LogP contribution in [-0.4, -0.2) is 30.6 Å². The Hall–Kier alpha value is -0.860. The lowest BCUT2D eigenvalue weighted by molar-refractivity contribution is 0.250. The standard InChI is InChI=1S/C17H26N2/c18-11-9-14-5-7-15(8-6-14)16-10-13-19-12-3-1-2-4-17(16)19/h5-8,16-17H,1-4,9-13,18H2. The molecule has 2 heterocycles. The van der Waals surface area contributed by atoms with Crippen LogP contribution in [0.2, 0.25) is 0 Å². The third-order valence-electron chi connectivity index (χ3n) is 4.95. The largest absolute Gasteiger partial charge is 0.330 e. The van der Waals surface area contributed by atoms with Gasteiger partial charge in [0.2, 0.25) is 0 Å². The van der Waals surface area contributed by atoms with E-state index in [9.17, 15) is 0 Å². The summed E-state index contributed by atoms with van der Waals surface area (Å²) in [6.07, 6.45) is 7.99. The summed E-state index contributed by atoms with van der Waals surface area (Å²) in [5.41, 5.74) is 8.55. The van der Waals surface area contributed by atoms with Crippen LogP contribution < -0.4 is 5.73 Å². The van der Waals surface area contributed by atoms with E-state index in [1.165, 1.54) is 50.8 Å². The van der Waals surface area contributed by atoms with E-state index in [0.717, 1.165) is 24.9 Å². The van der Waals surface area contributed by atoms with E-state index < -0.39 is 0 Å². The summed E-state index contributed by atoms with van der Waals surface area (Å²) in [6, 6.07) is 10.1. The van der Waals surface area contributed by atoms with Gasteiger partial charge in [0.25, 0.3) is 0 Å². The summed E-state index contributed by atoms with van der Waals surface area (Å²) >= 11 is 0. The summed E-state index contributed by atoms with van der Waals surface area (Å²) < 4.78 is 0. The van der Waals surface area contributed by atoms with E-state index in [0.29, 0.717) is 0 Å². The van der Waals surface area contributed by atoms with Crippen molar-refractivity contribution in [3.63, 3.8) is 0 Å². The van der Waals surface area contributed by atoms with E-state index in [4.69, 9.17) is 5.73 Å². The number of hydrogen-bond donors (Lipinski definition) is 1. The van der Waals surface area contributed by atoms with Gasteiger partial charge in [-0.3, -0.25) is 4.90 Å². The fraction of sp³-hybridized carbons (Fsp3) is 0.647. The number of nitrogens with zero attached hydrogens (tertiary/aromatic N) is 1. The smallest absolute Gasteiger partial charge is 0.0164 e. The monoisotopic (exact) mass is 258 g/mol. The Morgan fingerprint density at radius 2 is 1.84 bits per heavy atom. The Balaban J connectivity index is 1.74. The van der Waals surface area contributed by atoms with Crippen LogP contribution in [0.15, 0.2) is 24.3 Å². The molecule has 3 rings (SSSR count). The van der Waals surface area contributed by atoms with Crippen molar-refractivity contribution in [3.05, 3.63) is 35.4 Å². The first-order chi connectivity index (χ1) is 9.38. The highest BCUT2D eigenvalue weighted by molar-refractivity contribution is 5.28. The first-order valence-electron chi connectivity index (χ1n) is 7.91. The van der Waals surface area contributed by atoms with Gasteiger partial charge in [0.15, 0.2) is 0 Å². The normalized spacial score (nSPS) is 28.1. The predicted molar refractivity (Wildman–Crippen MR) is 80.4 cm³/mol. The fourth-order valence-electron chi connectivity index (χ4n) is 3.91. The molecule has 19 heavy (non-hydrogen) atoms. The van der Waals surface area contributed by atoms with Gasteiger partial charge in [-0.25, -0.2) is 0 Å². The molecule has 2 saturated heterocycles. The van der Waals surface area contributed by atoms with Gasteiger partial charge in [-0.2, -0.15) is 0 Å². The summed E-state index contributed by atoms with van der Waals surface area (Å²) in [4.78, 5) is 2.74. The van der Waals surface area contributed by atoms with Gasteiger partial charge in [-0.05, 0) is 56.4 Å². The molecule has 104 valence electrons. The third kappa shape index (κ3) is 2.85. The molecular formula is C17H26N2. The molecule has 0 aliphatic carbocycles. The van der Waals surface area contributed by atoms with Crippen molar-refractivity contribution in [3.8, 4) is 0 Å². The molecule has 2 aliphatic rings. The van der Waals surface area contributed by atoms with Crippen LogP contribution in [0.5, 0.6) is 0 Å². The van der Waals surface area contributed by atoms with Crippen LogP contribution in [0.3, 0.4) is 0 Å². The molecule has 0 saturated carbocycles. The molecule has 1 aromatic carbocycles. The van der Waals surface area contributed by atoms with Crippen molar-refractivity contribution in [1.29, 1.82) is 0 Å². The average molecular weight is 258 g/mol. The Kier molecular flexibility index (Phi) is 4.19. The van der Waals surface area contributed by atoms with Crippen LogP contribution in [0, 0.1) is 0 Å². The van der Waals surface area contributed by atoms with Crippen LogP contribution in [0.1, 0.15) is 49.1 Å². The second-order valence-electron chi connectivity index (χ2n) is 6.13. The topological polar surface area (TPSA) is 29.3 Å². The lowest BCUT2D eigenvalue weighted by Gasteiger charge is -2.26. The van der Waals surface area contributed by atoms with Crippen LogP contribution in [-0.2, 0) is 6.42 Å². The van der Waals surface area contributed by atoms with Crippen molar-refractivity contribution in [1.82, 2.24) is 4.90 Å². The number of benzene rings is 1. The number of hydrogen-bond acceptors (Lipinski definition) is 2. The van der Waals surface area contributed by atoms with Crippen LogP contribution in [0.25, 0.3) is 0 Å². The maximum atomic E-state index is 5.62. The number of nitrogens with two attached hydrogens (primary N) is 1. The van der Waals surface area contributed by atoms with Crippen molar-refractivity contribution in [2.24, 2.45) is 5.73 Å². The Morgan fingerprint density at radius 1 is 1.00 bits per heavy atom. The second kappa shape index (κ2) is 6.06. The maximum Gasteiger partial charge on any atom is 0.0164 e. The first kappa shape index (κ1) is 13.1. The quantitative estimate of drug-likeness (QED) is 0.903. The van der Waals surface area contributed by atoms with Crippen molar-refractivity contribution < 1.29 is 0 Å². The van der Waals surface area contributed by atoms with Crippen molar-refractivity contribution in [2.45, 2.75) is 50.5 Å². The van der Waals surface area contributed by atoms with E-state index in [1.807, 2.05) is 0 Å². The van der Waals surface area contributed by atoms with E-state index in [1.54, 1.807) is 5.56 Å². The SMILES string of the molecule is NCCc1ccc(C2CCN3CCCCCC23)cc1. The molecule has 0 spiro atoms. The predicted octanol–water partition coefficient (Wildman–Crippen LogP) is 2.92. The highest BCUT2D eigenvalue weighted by Crippen LogP contribution is 2.37. The summed E-state index contributed by atoms with van der Waals surface area (Å²) in [5.74, 6) is 0.769. The molecule has 2 nitrogen and oxygen atoms in total. The van der Waals surface area contributed by atoms with Gasteiger partial charge in [0, 0.05) is 12.0 Å². The summed E-state index contributed by atoms with van der Waals surface area (Å²) in [7, 11) is 0. The third-order valence-corrected chi connectivity index (χ3v) is 4.95. The molecule has 2 fully saturated rings. The van der Waals surface area contributed by atoms with Crippen LogP contribution >= 0.6 is 0 Å². The number of rotatable bonds is 3. The zero-order chi connectivity index (χ0) is 13.1. The van der Waals surface area contributed by atoms with Gasteiger partial charge < -0.3 is 5.73 Å². The van der Waals surface area contributed by atoms with Crippen molar-refractivity contribution in [2.75, 3.05) is 19.6 Å². The zero-order valence-electron chi connectivity index (χ0n) is 11.9. The lowest BCUT2D eigenvalue weighted by atomic mass is 9.88. The van der Waals surface area contributed by atoms with Gasteiger partial charge in [-0.15, -0.1) is 0 Å². The molecular weight excluding hydrogens is 232 g/mol. The molecule has 2 aliphatic heterocycles. The Labute approximate surface area is 117 Å². The summed E-state index contributed by atoms with van der Waals surface area (Å²) in [6.45, 7) is 3.38. The van der Waals surface area contributed by atoms with Gasteiger partial charge in [-0.1, -0.05) is 37.1 Å². The molecule has 1 aromatic rings. The maximum absolute atomic E-state index is 5.62. The molecule has 0 aromatic heterocycles. The van der Waals surface area contributed by atoms with Crippen LogP contribution in [0.4, 0.5) is 0 Å². The minimum Gasteiger partial charge on any atom is -0.330 e. The second-order valence-corrected chi connectivity index (χ2v) is 6.13. The minimum atomic E-state index is 0.749. The zero-order valence-corrected chi connectivity index (χ0v) is 11.9. The molecule has 0 bridgehead atoms. The van der Waals surface area contributed by atoms with E-state index >= 15 is 0 Å². The minimum absolute atomic E-state index is 0.749. The average Bonchev–Trinajstić information content (AvgIpc) is 2.69. The Bertz CT molecular complexity index is 398. The number of fused-ring (bicyclic) bond motifs is 1. The van der Waals surface area contributed by atoms with E-state index in [2.05, 4.69) is 29.2 Å². The molecule has 2 atom stereocenters. The first-order valence-corrected chi connectivity index (χ1v) is 7.91.